The molecule has 2 rings (SSSR count). The van der Waals surface area contributed by atoms with Crippen molar-refractivity contribution in [2.45, 2.75) is 17.6 Å². The number of carbonyl (C=O) groups excluding carboxylic acids is 1. The van der Waals surface area contributed by atoms with Crippen molar-refractivity contribution in [2.75, 3.05) is 18.1 Å². The Labute approximate surface area is 115 Å². The first kappa shape index (κ1) is 13.7. The largest absolute Gasteiger partial charge is 0.476 e. The Hall–Kier alpha value is -1.76. The van der Waals surface area contributed by atoms with E-state index in [1.165, 1.54) is 12.3 Å². The van der Waals surface area contributed by atoms with Gasteiger partial charge in [0.25, 0.3) is 0 Å². The van der Waals surface area contributed by atoms with Gasteiger partial charge in [0.2, 0.25) is 0 Å². The number of rotatable bonds is 5. The van der Waals surface area contributed by atoms with Crippen molar-refractivity contribution in [2.24, 2.45) is 0 Å². The molecule has 1 fully saturated rings. The van der Waals surface area contributed by atoms with Gasteiger partial charge < -0.3 is 15.7 Å². The fourth-order valence-corrected chi connectivity index (χ4v) is 2.40. The van der Waals surface area contributed by atoms with E-state index in [0.29, 0.717) is 6.54 Å². The number of aromatic nitrogens is 1. The Balaban J connectivity index is 1.93. The second-order valence-electron chi connectivity index (χ2n) is 4.40. The molecular weight excluding hydrogens is 266 g/mol. The quantitative estimate of drug-likeness (QED) is 0.765. The van der Waals surface area contributed by atoms with Crippen LogP contribution in [0.4, 0.5) is 10.5 Å². The summed E-state index contributed by atoms with van der Waals surface area (Å²) in [5.41, 5.74) is 0.0325. The van der Waals surface area contributed by atoms with E-state index in [4.69, 9.17) is 5.11 Å². The topological polar surface area (TPSA) is 91.3 Å². The number of nitrogens with one attached hydrogen (secondary N) is 2. The Morgan fingerprint density at radius 1 is 1.53 bits per heavy atom. The zero-order valence-corrected chi connectivity index (χ0v) is 11.3. The van der Waals surface area contributed by atoms with Gasteiger partial charge in [0.15, 0.2) is 5.69 Å². The van der Waals surface area contributed by atoms with Crippen molar-refractivity contribution in [1.82, 2.24) is 10.3 Å². The molecule has 0 radical (unpaired) electrons. The molecule has 1 saturated carbocycles. The third-order valence-corrected chi connectivity index (χ3v) is 4.49. The molecule has 0 aromatic carbocycles. The van der Waals surface area contributed by atoms with Crippen molar-refractivity contribution in [3.8, 4) is 0 Å². The van der Waals surface area contributed by atoms with E-state index in [1.807, 2.05) is 6.26 Å². The number of hydrogen-bond acceptors (Lipinski definition) is 4. The first-order valence-corrected chi connectivity index (χ1v) is 7.07. The molecule has 2 amide bonds. The third-order valence-electron chi connectivity index (χ3n) is 3.07. The second-order valence-corrected chi connectivity index (χ2v) is 5.67. The van der Waals surface area contributed by atoms with Crippen LogP contribution in [0.2, 0.25) is 0 Å². The van der Waals surface area contributed by atoms with Gasteiger partial charge in [0, 0.05) is 17.5 Å². The molecule has 1 aliphatic carbocycles. The summed E-state index contributed by atoms with van der Waals surface area (Å²) < 4.78 is 0.169. The molecule has 1 aliphatic rings. The van der Waals surface area contributed by atoms with Crippen molar-refractivity contribution in [3.05, 3.63) is 24.0 Å². The first-order valence-electron chi connectivity index (χ1n) is 5.85. The third kappa shape index (κ3) is 3.37. The van der Waals surface area contributed by atoms with E-state index in [1.54, 1.807) is 17.8 Å². The zero-order chi connectivity index (χ0) is 13.9. The second kappa shape index (κ2) is 5.48. The van der Waals surface area contributed by atoms with Crippen LogP contribution in [0.3, 0.4) is 0 Å². The molecule has 0 unspecified atom stereocenters. The summed E-state index contributed by atoms with van der Waals surface area (Å²) in [4.78, 5) is 26.4. The molecule has 0 bridgehead atoms. The summed E-state index contributed by atoms with van der Waals surface area (Å²) in [6.07, 6.45) is 5.60. The summed E-state index contributed by atoms with van der Waals surface area (Å²) >= 11 is 1.75. The molecule has 102 valence electrons. The Morgan fingerprint density at radius 2 is 2.26 bits per heavy atom. The smallest absolute Gasteiger partial charge is 0.356 e. The molecule has 19 heavy (non-hydrogen) atoms. The fraction of sp³-hybridized carbons (Fsp3) is 0.417. The molecular formula is C12H15N3O3S. The lowest BCUT2D eigenvalue weighted by molar-refractivity contribution is 0.0692. The SMILES string of the molecule is CSC1(CNC(=O)Nc2cccnc2C(=O)O)CC1. The van der Waals surface area contributed by atoms with Crippen LogP contribution < -0.4 is 10.6 Å². The number of carboxylic acid groups (broad SMARTS) is 1. The average molecular weight is 281 g/mol. The summed E-state index contributed by atoms with van der Waals surface area (Å²) in [5, 5.41) is 14.2. The normalized spacial score (nSPS) is 15.6. The monoisotopic (exact) mass is 281 g/mol. The van der Waals surface area contributed by atoms with Crippen molar-refractivity contribution >= 4 is 29.4 Å². The molecule has 1 aromatic heterocycles. The van der Waals surface area contributed by atoms with Gasteiger partial charge in [0.1, 0.15) is 0 Å². The molecule has 0 spiro atoms. The zero-order valence-electron chi connectivity index (χ0n) is 10.5. The lowest BCUT2D eigenvalue weighted by Gasteiger charge is -2.14. The van der Waals surface area contributed by atoms with Crippen LogP contribution >= 0.6 is 11.8 Å². The summed E-state index contributed by atoms with van der Waals surface area (Å²) in [7, 11) is 0. The van der Waals surface area contributed by atoms with Gasteiger partial charge in [0.05, 0.1) is 5.69 Å². The van der Waals surface area contributed by atoms with Gasteiger partial charge in [-0.2, -0.15) is 11.8 Å². The summed E-state index contributed by atoms with van der Waals surface area (Å²) in [6.45, 7) is 0.586. The van der Waals surface area contributed by atoms with Gasteiger partial charge in [-0.05, 0) is 31.2 Å². The van der Waals surface area contributed by atoms with Crippen molar-refractivity contribution in [3.63, 3.8) is 0 Å². The Bertz CT molecular complexity index is 503. The average Bonchev–Trinajstić information content (AvgIpc) is 3.17. The number of carbonyl (C=O) groups is 2. The fourth-order valence-electron chi connectivity index (χ4n) is 1.68. The highest BCUT2D eigenvalue weighted by molar-refractivity contribution is 8.00. The van der Waals surface area contributed by atoms with E-state index in [9.17, 15) is 9.59 Å². The maximum absolute atomic E-state index is 11.7. The maximum Gasteiger partial charge on any atom is 0.356 e. The molecule has 0 saturated heterocycles. The van der Waals surface area contributed by atoms with E-state index in [-0.39, 0.29) is 16.1 Å². The molecule has 3 N–H and O–H groups in total. The Kier molecular flexibility index (Phi) is 3.94. The number of thioether (sulfide) groups is 1. The van der Waals surface area contributed by atoms with E-state index >= 15 is 0 Å². The van der Waals surface area contributed by atoms with Gasteiger partial charge in [-0.3, -0.25) is 0 Å². The van der Waals surface area contributed by atoms with E-state index in [2.05, 4.69) is 15.6 Å². The number of amides is 2. The van der Waals surface area contributed by atoms with Gasteiger partial charge in [-0.25, -0.2) is 14.6 Å². The number of aromatic carboxylic acids is 1. The van der Waals surface area contributed by atoms with Crippen molar-refractivity contribution < 1.29 is 14.7 Å². The number of anilines is 1. The predicted molar refractivity (Wildman–Crippen MR) is 73.7 cm³/mol. The minimum absolute atomic E-state index is 0.163. The van der Waals surface area contributed by atoms with E-state index < -0.39 is 12.0 Å². The summed E-state index contributed by atoms with van der Waals surface area (Å²) in [5.74, 6) is -1.17. The van der Waals surface area contributed by atoms with Crippen LogP contribution in [-0.4, -0.2) is 39.6 Å². The molecule has 1 heterocycles. The predicted octanol–water partition coefficient (Wildman–Crippen LogP) is 1.80. The van der Waals surface area contributed by atoms with Crippen LogP contribution in [0.5, 0.6) is 0 Å². The maximum atomic E-state index is 11.7. The van der Waals surface area contributed by atoms with Gasteiger partial charge in [-0.15, -0.1) is 0 Å². The first-order chi connectivity index (χ1) is 9.06. The molecule has 7 heteroatoms. The number of urea groups is 1. The van der Waals surface area contributed by atoms with Gasteiger partial charge in [-0.1, -0.05) is 0 Å². The van der Waals surface area contributed by atoms with Crippen LogP contribution in [-0.2, 0) is 0 Å². The highest BCUT2D eigenvalue weighted by Crippen LogP contribution is 2.46. The molecule has 0 atom stereocenters. The van der Waals surface area contributed by atoms with Crippen LogP contribution in [0.1, 0.15) is 23.3 Å². The highest BCUT2D eigenvalue weighted by Gasteiger charge is 2.41. The number of nitrogens with zero attached hydrogens (tertiary/aromatic N) is 1. The molecule has 0 aliphatic heterocycles. The van der Waals surface area contributed by atoms with Crippen LogP contribution in [0.25, 0.3) is 0 Å². The lowest BCUT2D eigenvalue weighted by Crippen LogP contribution is -2.35. The van der Waals surface area contributed by atoms with Crippen molar-refractivity contribution in [1.29, 1.82) is 0 Å². The molecule has 1 aromatic rings. The minimum atomic E-state index is -1.17. The molecule has 6 nitrogen and oxygen atoms in total. The summed E-state index contributed by atoms with van der Waals surface area (Å²) in [6, 6.07) is 2.68. The number of pyridine rings is 1. The number of hydrogen-bond donors (Lipinski definition) is 3. The highest BCUT2D eigenvalue weighted by atomic mass is 32.2. The standard InChI is InChI=1S/C12H15N3O3S/c1-19-12(4-5-12)7-14-11(18)15-8-3-2-6-13-9(8)10(16)17/h2-3,6H,4-5,7H2,1H3,(H,16,17)(H2,14,15,18). The lowest BCUT2D eigenvalue weighted by atomic mass is 10.3. The van der Waals surface area contributed by atoms with E-state index in [0.717, 1.165) is 12.8 Å². The Morgan fingerprint density at radius 3 is 2.84 bits per heavy atom. The van der Waals surface area contributed by atoms with Crippen LogP contribution in [0, 0.1) is 0 Å². The van der Waals surface area contributed by atoms with Crippen LogP contribution in [0.15, 0.2) is 18.3 Å². The minimum Gasteiger partial charge on any atom is -0.476 e. The van der Waals surface area contributed by atoms with Gasteiger partial charge >= 0.3 is 12.0 Å². The number of carboxylic acids is 1.